The molecule has 2 aliphatic rings. The van der Waals surface area contributed by atoms with Gasteiger partial charge in [-0.1, -0.05) is 39.8 Å². The zero-order valence-corrected chi connectivity index (χ0v) is 20.5. The highest BCUT2D eigenvalue weighted by molar-refractivity contribution is 8.27. The zero-order chi connectivity index (χ0) is 25.1. The van der Waals surface area contributed by atoms with Gasteiger partial charge in [-0.15, -0.1) is 13.2 Å². The SMILES string of the molecule is Cc1cc2c(cc1-c1cc(C=C3NC(=O)SC3=O)ccc1OC(F)(F)F)C(C)(C)CCC2(C)C. The quantitative estimate of drug-likeness (QED) is 0.462. The first kappa shape index (κ1) is 24.4. The standard InChI is InChI=1S/C26H26F3NO3S/c1-14-10-18-19(25(4,5)9-8-24(18,2)3)13-16(14)17-11-15(6-7-21(17)33-26(27,28)29)12-20-22(31)34-23(32)30-20/h6-7,10-13H,8-9H2,1-5H3,(H,30,32). The summed E-state index contributed by atoms with van der Waals surface area (Å²) in [5.74, 6) is -0.318. The molecule has 1 N–H and O–H groups in total. The lowest BCUT2D eigenvalue weighted by Gasteiger charge is -2.42. The number of fused-ring (bicyclic) bond motifs is 1. The van der Waals surface area contributed by atoms with Gasteiger partial charge >= 0.3 is 6.36 Å². The monoisotopic (exact) mass is 489 g/mol. The lowest BCUT2D eigenvalue weighted by molar-refractivity contribution is -0.274. The van der Waals surface area contributed by atoms with Gasteiger partial charge in [0.15, 0.2) is 0 Å². The van der Waals surface area contributed by atoms with E-state index < -0.39 is 16.7 Å². The van der Waals surface area contributed by atoms with Crippen LogP contribution in [0.25, 0.3) is 17.2 Å². The molecular weight excluding hydrogens is 463 g/mol. The Kier molecular flexibility index (Phi) is 5.87. The average molecular weight is 490 g/mol. The Bertz CT molecular complexity index is 1230. The van der Waals surface area contributed by atoms with Crippen LogP contribution in [0, 0.1) is 6.92 Å². The third kappa shape index (κ3) is 4.73. The third-order valence-electron chi connectivity index (χ3n) is 6.67. The van der Waals surface area contributed by atoms with Crippen molar-refractivity contribution in [1.29, 1.82) is 0 Å². The molecule has 1 fully saturated rings. The Morgan fingerprint density at radius 3 is 2.15 bits per heavy atom. The van der Waals surface area contributed by atoms with Gasteiger partial charge in [-0.3, -0.25) is 9.59 Å². The molecule has 0 unspecified atom stereocenters. The number of hydrogen-bond acceptors (Lipinski definition) is 4. The molecule has 1 heterocycles. The minimum absolute atomic E-state index is 0.0373. The number of carbonyl (C=O) groups excluding carboxylic acids is 2. The molecule has 1 aliphatic carbocycles. The Hall–Kier alpha value is -2.74. The summed E-state index contributed by atoms with van der Waals surface area (Å²) in [7, 11) is 0. The second-order valence-corrected chi connectivity index (χ2v) is 11.1. The van der Waals surface area contributed by atoms with E-state index in [4.69, 9.17) is 0 Å². The Morgan fingerprint density at radius 1 is 0.971 bits per heavy atom. The summed E-state index contributed by atoms with van der Waals surface area (Å²) in [6.45, 7) is 10.6. The van der Waals surface area contributed by atoms with Crippen molar-refractivity contribution in [3.8, 4) is 16.9 Å². The van der Waals surface area contributed by atoms with E-state index in [-0.39, 0.29) is 27.8 Å². The molecule has 34 heavy (non-hydrogen) atoms. The molecule has 180 valence electrons. The van der Waals surface area contributed by atoms with Crippen LogP contribution >= 0.6 is 11.8 Å². The predicted octanol–water partition coefficient (Wildman–Crippen LogP) is 7.23. The number of halogens is 3. The highest BCUT2D eigenvalue weighted by atomic mass is 32.2. The van der Waals surface area contributed by atoms with Gasteiger partial charge in [-0.05, 0) is 82.7 Å². The lowest BCUT2D eigenvalue weighted by atomic mass is 9.62. The molecule has 0 radical (unpaired) electrons. The second-order valence-electron chi connectivity index (χ2n) is 10.1. The summed E-state index contributed by atoms with van der Waals surface area (Å²) in [6, 6.07) is 8.30. The summed E-state index contributed by atoms with van der Waals surface area (Å²) in [5, 5.41) is 1.54. The summed E-state index contributed by atoms with van der Waals surface area (Å²) in [5.41, 5.74) is 4.47. The number of alkyl halides is 3. The van der Waals surface area contributed by atoms with E-state index in [2.05, 4.69) is 43.8 Å². The Balaban J connectivity index is 1.91. The van der Waals surface area contributed by atoms with Crippen LogP contribution in [0.1, 0.15) is 62.8 Å². The van der Waals surface area contributed by atoms with Crippen molar-refractivity contribution in [2.75, 3.05) is 0 Å². The number of amides is 1. The Labute approximate surface area is 201 Å². The number of nitrogens with one attached hydrogen (secondary N) is 1. The number of thioether (sulfide) groups is 1. The van der Waals surface area contributed by atoms with Crippen LogP contribution < -0.4 is 10.1 Å². The van der Waals surface area contributed by atoms with Crippen molar-refractivity contribution < 1.29 is 27.5 Å². The fraction of sp³-hybridized carbons (Fsp3) is 0.385. The fourth-order valence-electron chi connectivity index (χ4n) is 4.66. The third-order valence-corrected chi connectivity index (χ3v) is 7.36. The lowest BCUT2D eigenvalue weighted by Crippen LogP contribution is -2.34. The molecule has 8 heteroatoms. The maximum atomic E-state index is 13.2. The predicted molar refractivity (Wildman–Crippen MR) is 128 cm³/mol. The van der Waals surface area contributed by atoms with Crippen LogP contribution in [0.4, 0.5) is 18.0 Å². The molecule has 1 aliphatic heterocycles. The van der Waals surface area contributed by atoms with Crippen molar-refractivity contribution in [2.24, 2.45) is 0 Å². The number of ether oxygens (including phenoxy) is 1. The average Bonchev–Trinajstić information content (AvgIpc) is 3.02. The molecule has 1 saturated heterocycles. The zero-order valence-electron chi connectivity index (χ0n) is 19.6. The molecule has 0 bridgehead atoms. The number of rotatable bonds is 3. The maximum absolute atomic E-state index is 13.2. The minimum atomic E-state index is -4.86. The van der Waals surface area contributed by atoms with Crippen molar-refractivity contribution in [1.82, 2.24) is 5.32 Å². The molecule has 0 atom stereocenters. The van der Waals surface area contributed by atoms with Crippen LogP contribution in [-0.4, -0.2) is 16.7 Å². The minimum Gasteiger partial charge on any atom is -0.405 e. The fourth-order valence-corrected chi connectivity index (χ4v) is 5.21. The van der Waals surface area contributed by atoms with Crippen molar-refractivity contribution in [2.45, 2.75) is 64.7 Å². The molecule has 0 spiro atoms. The highest BCUT2D eigenvalue weighted by Crippen LogP contribution is 2.48. The first-order valence-electron chi connectivity index (χ1n) is 11.0. The smallest absolute Gasteiger partial charge is 0.405 e. The van der Waals surface area contributed by atoms with Crippen molar-refractivity contribution in [3.63, 3.8) is 0 Å². The molecule has 4 rings (SSSR count). The summed E-state index contributed by atoms with van der Waals surface area (Å²) >= 11 is 0.546. The molecule has 0 aromatic heterocycles. The van der Waals surface area contributed by atoms with E-state index in [0.29, 0.717) is 22.9 Å². The number of hydrogen-bond donors (Lipinski definition) is 1. The Morgan fingerprint density at radius 2 is 1.59 bits per heavy atom. The van der Waals surface area contributed by atoms with Gasteiger partial charge in [-0.2, -0.15) is 0 Å². The molecule has 0 saturated carbocycles. The van der Waals surface area contributed by atoms with Crippen LogP contribution in [0.5, 0.6) is 5.75 Å². The number of benzene rings is 2. The van der Waals surface area contributed by atoms with E-state index in [1.807, 2.05) is 13.0 Å². The summed E-state index contributed by atoms with van der Waals surface area (Å²) < 4.78 is 44.1. The van der Waals surface area contributed by atoms with E-state index in [1.54, 1.807) is 6.07 Å². The summed E-state index contributed by atoms with van der Waals surface area (Å²) in [6.07, 6.45) is -1.41. The van der Waals surface area contributed by atoms with E-state index in [0.717, 1.165) is 24.0 Å². The van der Waals surface area contributed by atoms with E-state index in [9.17, 15) is 22.8 Å². The van der Waals surface area contributed by atoms with Gasteiger partial charge in [0.1, 0.15) is 5.75 Å². The van der Waals surface area contributed by atoms with Crippen LogP contribution in [0.15, 0.2) is 36.0 Å². The van der Waals surface area contributed by atoms with Crippen LogP contribution in [-0.2, 0) is 15.6 Å². The van der Waals surface area contributed by atoms with Crippen molar-refractivity contribution >= 4 is 28.2 Å². The first-order valence-corrected chi connectivity index (χ1v) is 11.8. The number of carbonyl (C=O) groups is 2. The molecule has 2 aromatic rings. The van der Waals surface area contributed by atoms with E-state index in [1.165, 1.54) is 23.8 Å². The van der Waals surface area contributed by atoms with Gasteiger partial charge in [0, 0.05) is 17.3 Å². The van der Waals surface area contributed by atoms with Crippen LogP contribution in [0.2, 0.25) is 0 Å². The number of aryl methyl sites for hydroxylation is 1. The van der Waals surface area contributed by atoms with E-state index >= 15 is 0 Å². The molecule has 4 nitrogen and oxygen atoms in total. The molecular formula is C26H26F3NO3S. The first-order chi connectivity index (χ1) is 15.7. The van der Waals surface area contributed by atoms with Gasteiger partial charge in [-0.25, -0.2) is 0 Å². The second kappa shape index (κ2) is 8.18. The largest absolute Gasteiger partial charge is 0.573 e. The highest BCUT2D eigenvalue weighted by Gasteiger charge is 2.38. The van der Waals surface area contributed by atoms with Crippen molar-refractivity contribution in [3.05, 3.63) is 58.3 Å². The van der Waals surface area contributed by atoms with Gasteiger partial charge in [0.05, 0.1) is 5.70 Å². The summed E-state index contributed by atoms with van der Waals surface area (Å²) in [4.78, 5) is 23.5. The van der Waals surface area contributed by atoms with Gasteiger partial charge in [0.25, 0.3) is 5.24 Å². The maximum Gasteiger partial charge on any atom is 0.573 e. The van der Waals surface area contributed by atoms with Crippen LogP contribution in [0.3, 0.4) is 0 Å². The topological polar surface area (TPSA) is 55.4 Å². The molecule has 1 amide bonds. The van der Waals surface area contributed by atoms with Gasteiger partial charge < -0.3 is 10.1 Å². The molecule has 2 aromatic carbocycles. The normalized spacial score (nSPS) is 20.3. The van der Waals surface area contributed by atoms with Gasteiger partial charge in [0.2, 0.25) is 5.12 Å².